The van der Waals surface area contributed by atoms with Crippen LogP contribution in [0.5, 0.6) is 0 Å². The lowest BCUT2D eigenvalue weighted by molar-refractivity contribution is -0.114. The van der Waals surface area contributed by atoms with Gasteiger partial charge in [0.25, 0.3) is 0 Å². The number of urea groups is 1. The smallest absolute Gasteiger partial charge is 0.323 e. The summed E-state index contributed by atoms with van der Waals surface area (Å²) in [5, 5.41) is 8.59. The summed E-state index contributed by atoms with van der Waals surface area (Å²) in [6.45, 7) is 1.75. The highest BCUT2D eigenvalue weighted by molar-refractivity contribution is 6.30. The summed E-state index contributed by atoms with van der Waals surface area (Å²) in [6, 6.07) is 11.6. The van der Waals surface area contributed by atoms with Gasteiger partial charge in [-0.25, -0.2) is 4.79 Å². The number of benzene rings is 2. The van der Waals surface area contributed by atoms with Gasteiger partial charge in [0.2, 0.25) is 5.91 Å². The van der Waals surface area contributed by atoms with Gasteiger partial charge in [-0.05, 0) is 42.8 Å². The monoisotopic (exact) mass is 332 g/mol. The molecule has 0 aromatic heterocycles. The van der Waals surface area contributed by atoms with Crippen LogP contribution in [0.2, 0.25) is 5.02 Å². The fraction of sp³-hybridized carbons (Fsp3) is 0.125. The molecule has 0 spiro atoms. The molecule has 0 unspecified atom stereocenters. The Morgan fingerprint density at radius 1 is 1.04 bits per heavy atom. The Balaban J connectivity index is 2.07. The number of anilines is 3. The Labute approximate surface area is 139 Å². The zero-order valence-corrected chi connectivity index (χ0v) is 13.3. The van der Waals surface area contributed by atoms with E-state index in [1.54, 1.807) is 42.5 Å². The van der Waals surface area contributed by atoms with Gasteiger partial charge in [-0.1, -0.05) is 23.7 Å². The second-order valence-electron chi connectivity index (χ2n) is 4.87. The van der Waals surface area contributed by atoms with Crippen molar-refractivity contribution < 1.29 is 9.59 Å². The quantitative estimate of drug-likeness (QED) is 0.692. The van der Waals surface area contributed by atoms with Gasteiger partial charge >= 0.3 is 6.03 Å². The summed E-state index contributed by atoms with van der Waals surface area (Å²) in [7, 11) is 0. The van der Waals surface area contributed by atoms with E-state index >= 15 is 0 Å². The van der Waals surface area contributed by atoms with Crippen molar-refractivity contribution in [3.8, 4) is 0 Å². The highest BCUT2D eigenvalue weighted by Crippen LogP contribution is 2.21. The molecule has 0 bridgehead atoms. The van der Waals surface area contributed by atoms with Crippen molar-refractivity contribution >= 4 is 40.6 Å². The number of hydrogen-bond acceptors (Lipinski definition) is 3. The van der Waals surface area contributed by atoms with Gasteiger partial charge in [-0.15, -0.1) is 0 Å². The molecule has 3 amide bonds. The third-order valence-electron chi connectivity index (χ3n) is 3.04. The number of nitrogens with one attached hydrogen (secondary N) is 3. The Morgan fingerprint density at radius 3 is 2.48 bits per heavy atom. The number of carbonyl (C=O) groups is 2. The van der Waals surface area contributed by atoms with Crippen LogP contribution in [0.1, 0.15) is 5.56 Å². The van der Waals surface area contributed by atoms with Crippen LogP contribution in [0.25, 0.3) is 0 Å². The molecular formula is C16H17ClN4O2. The molecule has 0 fully saturated rings. The molecular weight excluding hydrogens is 316 g/mol. The molecule has 7 heteroatoms. The van der Waals surface area contributed by atoms with Crippen molar-refractivity contribution in [3.63, 3.8) is 0 Å². The first-order chi connectivity index (χ1) is 11.0. The van der Waals surface area contributed by atoms with Crippen molar-refractivity contribution in [1.29, 1.82) is 0 Å². The molecule has 2 rings (SSSR count). The first kappa shape index (κ1) is 16.8. The van der Waals surface area contributed by atoms with Crippen molar-refractivity contribution in [1.82, 2.24) is 0 Å². The molecule has 0 saturated heterocycles. The first-order valence-corrected chi connectivity index (χ1v) is 7.30. The summed E-state index contributed by atoms with van der Waals surface area (Å²) in [5.74, 6) is -0.303. The number of nitrogens with two attached hydrogens (primary N) is 1. The van der Waals surface area contributed by atoms with E-state index in [9.17, 15) is 9.59 Å². The summed E-state index contributed by atoms with van der Waals surface area (Å²) < 4.78 is 0. The molecule has 23 heavy (non-hydrogen) atoms. The molecule has 5 N–H and O–H groups in total. The molecule has 120 valence electrons. The molecule has 0 saturated carbocycles. The topological polar surface area (TPSA) is 96.2 Å². The maximum absolute atomic E-state index is 12.1. The predicted octanol–water partition coefficient (Wildman–Crippen LogP) is 3.19. The summed E-state index contributed by atoms with van der Waals surface area (Å²) in [5.41, 5.74) is 7.85. The number of hydrogen-bond donors (Lipinski definition) is 4. The van der Waals surface area contributed by atoms with Crippen LogP contribution >= 0.6 is 11.6 Å². The Morgan fingerprint density at radius 2 is 1.78 bits per heavy atom. The average Bonchev–Trinajstić information content (AvgIpc) is 2.50. The van der Waals surface area contributed by atoms with E-state index in [4.69, 9.17) is 17.3 Å². The normalized spacial score (nSPS) is 10.0. The van der Waals surface area contributed by atoms with E-state index in [-0.39, 0.29) is 12.5 Å². The molecule has 0 aliphatic carbocycles. The van der Waals surface area contributed by atoms with E-state index in [2.05, 4.69) is 16.0 Å². The molecule has 0 atom stereocenters. The third-order valence-corrected chi connectivity index (χ3v) is 3.27. The van der Waals surface area contributed by atoms with E-state index in [0.29, 0.717) is 22.1 Å². The summed E-state index contributed by atoms with van der Waals surface area (Å²) in [4.78, 5) is 23.4. The summed E-state index contributed by atoms with van der Waals surface area (Å²) >= 11 is 5.87. The molecule has 0 aliphatic heterocycles. The highest BCUT2D eigenvalue weighted by atomic mass is 35.5. The lowest BCUT2D eigenvalue weighted by Gasteiger charge is -2.12. The number of rotatable bonds is 4. The van der Waals surface area contributed by atoms with Crippen molar-refractivity contribution in [2.75, 3.05) is 22.5 Å². The van der Waals surface area contributed by atoms with Crippen LogP contribution in [0.3, 0.4) is 0 Å². The minimum absolute atomic E-state index is 0.105. The molecule has 0 radical (unpaired) electrons. The number of halogens is 1. The number of carbonyl (C=O) groups excluding carboxylic acids is 2. The Bertz CT molecular complexity index is 734. The highest BCUT2D eigenvalue weighted by Gasteiger charge is 2.07. The lowest BCUT2D eigenvalue weighted by atomic mass is 10.2. The minimum Gasteiger partial charge on any atom is -0.325 e. The average molecular weight is 333 g/mol. The molecule has 6 nitrogen and oxygen atoms in total. The lowest BCUT2D eigenvalue weighted by Crippen LogP contribution is -2.22. The Hall–Kier alpha value is -2.57. The van der Waals surface area contributed by atoms with Crippen LogP contribution < -0.4 is 21.7 Å². The van der Waals surface area contributed by atoms with Gasteiger partial charge in [0.15, 0.2) is 0 Å². The molecule has 2 aromatic carbocycles. The molecule has 2 aromatic rings. The zero-order chi connectivity index (χ0) is 16.8. The van der Waals surface area contributed by atoms with Crippen LogP contribution in [-0.4, -0.2) is 18.5 Å². The van der Waals surface area contributed by atoms with E-state index in [1.807, 2.05) is 6.92 Å². The number of amides is 3. The van der Waals surface area contributed by atoms with Gasteiger partial charge in [-0.2, -0.15) is 0 Å². The zero-order valence-electron chi connectivity index (χ0n) is 12.5. The summed E-state index contributed by atoms with van der Waals surface area (Å²) in [6.07, 6.45) is 0. The Kier molecular flexibility index (Phi) is 5.56. The minimum atomic E-state index is -0.405. The van der Waals surface area contributed by atoms with Gasteiger partial charge in [0.1, 0.15) is 0 Å². The second kappa shape index (κ2) is 7.62. The van der Waals surface area contributed by atoms with Gasteiger partial charge < -0.3 is 21.7 Å². The van der Waals surface area contributed by atoms with Gasteiger partial charge in [0, 0.05) is 22.1 Å². The van der Waals surface area contributed by atoms with Crippen LogP contribution in [0.15, 0.2) is 42.5 Å². The van der Waals surface area contributed by atoms with Crippen LogP contribution in [0.4, 0.5) is 21.9 Å². The van der Waals surface area contributed by atoms with Crippen molar-refractivity contribution in [2.24, 2.45) is 5.73 Å². The fourth-order valence-electron chi connectivity index (χ4n) is 1.90. The van der Waals surface area contributed by atoms with Gasteiger partial charge in [-0.3, -0.25) is 4.79 Å². The van der Waals surface area contributed by atoms with Crippen LogP contribution in [-0.2, 0) is 4.79 Å². The fourth-order valence-corrected chi connectivity index (χ4v) is 2.09. The third kappa shape index (κ3) is 4.98. The molecule has 0 heterocycles. The largest absolute Gasteiger partial charge is 0.325 e. The van der Waals surface area contributed by atoms with E-state index in [1.165, 1.54) is 0 Å². The number of aryl methyl sites for hydroxylation is 1. The maximum Gasteiger partial charge on any atom is 0.323 e. The molecule has 0 aliphatic rings. The van der Waals surface area contributed by atoms with E-state index < -0.39 is 6.03 Å². The second-order valence-corrected chi connectivity index (χ2v) is 5.31. The SMILES string of the molecule is Cc1ccc(NC(=O)CN)cc1NC(=O)Nc1cccc(Cl)c1. The standard InChI is InChI=1S/C16H17ClN4O2/c1-10-5-6-13(19-15(22)9-18)8-14(10)21-16(23)20-12-4-2-3-11(17)7-12/h2-8H,9,18H2,1H3,(H,19,22)(H2,20,21,23). The van der Waals surface area contributed by atoms with E-state index in [0.717, 1.165) is 5.56 Å². The van der Waals surface area contributed by atoms with Gasteiger partial charge in [0.05, 0.1) is 6.54 Å². The first-order valence-electron chi connectivity index (χ1n) is 6.92. The maximum atomic E-state index is 12.1. The predicted molar refractivity (Wildman–Crippen MR) is 93.0 cm³/mol. The van der Waals surface area contributed by atoms with Crippen molar-refractivity contribution in [3.05, 3.63) is 53.1 Å². The van der Waals surface area contributed by atoms with Crippen molar-refractivity contribution in [2.45, 2.75) is 6.92 Å². The van der Waals surface area contributed by atoms with Crippen LogP contribution in [0, 0.1) is 6.92 Å².